The molecule has 0 aliphatic rings. The monoisotopic (exact) mass is 256 g/mol. The van der Waals surface area contributed by atoms with E-state index in [-0.39, 0.29) is 11.4 Å². The first kappa shape index (κ1) is 10.7. The number of allylic oxidation sites excluding steroid dienone is 1. The van der Waals surface area contributed by atoms with Crippen LogP contribution in [0.5, 0.6) is 0 Å². The normalized spacial score (nSPS) is 10.6. The predicted octanol–water partition coefficient (Wildman–Crippen LogP) is 1.77. The number of pyridine rings is 1. The van der Waals surface area contributed by atoms with E-state index in [0.717, 1.165) is 10.9 Å². The van der Waals surface area contributed by atoms with Gasteiger partial charge in [-0.25, -0.2) is 9.78 Å². The number of carboxylic acid groups (broad SMARTS) is 1. The summed E-state index contributed by atoms with van der Waals surface area (Å²) < 4.78 is 0. The Kier molecular flexibility index (Phi) is 3.64. The van der Waals surface area contributed by atoms with Crippen LogP contribution in [0.2, 0.25) is 0 Å². The molecule has 5 heteroatoms. The van der Waals surface area contributed by atoms with E-state index in [2.05, 4.69) is 20.9 Å². The molecule has 0 saturated heterocycles. The van der Waals surface area contributed by atoms with Crippen LogP contribution < -0.4 is 5.73 Å². The van der Waals surface area contributed by atoms with E-state index in [1.165, 1.54) is 6.20 Å². The average molecular weight is 257 g/mol. The van der Waals surface area contributed by atoms with Crippen LogP contribution in [0.4, 0.5) is 5.69 Å². The van der Waals surface area contributed by atoms with Gasteiger partial charge in [-0.15, -0.1) is 0 Å². The predicted molar refractivity (Wildman–Crippen MR) is 58.4 cm³/mol. The molecule has 0 unspecified atom stereocenters. The van der Waals surface area contributed by atoms with Crippen molar-refractivity contribution >= 4 is 33.7 Å². The van der Waals surface area contributed by atoms with Gasteiger partial charge in [-0.2, -0.15) is 0 Å². The third-order valence-electron chi connectivity index (χ3n) is 1.54. The topological polar surface area (TPSA) is 76.2 Å². The van der Waals surface area contributed by atoms with Gasteiger partial charge >= 0.3 is 5.97 Å². The van der Waals surface area contributed by atoms with E-state index in [1.807, 2.05) is 12.2 Å². The van der Waals surface area contributed by atoms with Crippen molar-refractivity contribution in [1.29, 1.82) is 0 Å². The minimum absolute atomic E-state index is 0.110. The maximum absolute atomic E-state index is 10.6. The van der Waals surface area contributed by atoms with Crippen molar-refractivity contribution in [3.8, 4) is 0 Å². The van der Waals surface area contributed by atoms with Crippen molar-refractivity contribution in [2.45, 2.75) is 0 Å². The lowest BCUT2D eigenvalue weighted by molar-refractivity contribution is 0.0692. The summed E-state index contributed by atoms with van der Waals surface area (Å²) in [6.45, 7) is 0. The number of halogens is 1. The van der Waals surface area contributed by atoms with E-state index in [0.29, 0.717) is 0 Å². The average Bonchev–Trinajstić information content (AvgIpc) is 2.14. The minimum Gasteiger partial charge on any atom is -0.476 e. The van der Waals surface area contributed by atoms with Gasteiger partial charge in [-0.1, -0.05) is 28.1 Å². The van der Waals surface area contributed by atoms with Crippen LogP contribution in [-0.4, -0.2) is 21.4 Å². The minimum atomic E-state index is -1.11. The molecule has 4 nitrogen and oxygen atoms in total. The second kappa shape index (κ2) is 4.76. The van der Waals surface area contributed by atoms with E-state index in [1.54, 1.807) is 6.07 Å². The summed E-state index contributed by atoms with van der Waals surface area (Å²) in [7, 11) is 0. The van der Waals surface area contributed by atoms with Gasteiger partial charge < -0.3 is 10.8 Å². The second-order valence-electron chi connectivity index (χ2n) is 2.57. The smallest absolute Gasteiger partial charge is 0.356 e. The first-order valence-electron chi connectivity index (χ1n) is 3.86. The zero-order valence-electron chi connectivity index (χ0n) is 7.27. The Hall–Kier alpha value is -1.36. The van der Waals surface area contributed by atoms with Gasteiger partial charge in [-0.3, -0.25) is 0 Å². The molecule has 0 aromatic carbocycles. The molecule has 0 atom stereocenters. The quantitative estimate of drug-likeness (QED) is 0.809. The van der Waals surface area contributed by atoms with E-state index < -0.39 is 5.97 Å². The highest BCUT2D eigenvalue weighted by Crippen LogP contribution is 2.12. The fourth-order valence-electron chi connectivity index (χ4n) is 0.949. The van der Waals surface area contributed by atoms with Gasteiger partial charge in [-0.05, 0) is 11.6 Å². The largest absolute Gasteiger partial charge is 0.476 e. The number of carboxylic acids is 1. The Morgan fingerprint density at radius 2 is 2.43 bits per heavy atom. The lowest BCUT2D eigenvalue weighted by Gasteiger charge is -2.00. The summed E-state index contributed by atoms with van der Waals surface area (Å²) >= 11 is 3.23. The Morgan fingerprint density at radius 1 is 1.71 bits per heavy atom. The molecule has 3 N–H and O–H groups in total. The Bertz CT molecular complexity index is 377. The molecule has 0 saturated carbocycles. The highest BCUT2D eigenvalue weighted by Gasteiger charge is 2.08. The number of hydrogen-bond donors (Lipinski definition) is 2. The number of aromatic carboxylic acids is 1. The zero-order valence-corrected chi connectivity index (χ0v) is 8.86. The van der Waals surface area contributed by atoms with Crippen molar-refractivity contribution in [3.05, 3.63) is 29.6 Å². The van der Waals surface area contributed by atoms with Crippen LogP contribution in [-0.2, 0) is 0 Å². The van der Waals surface area contributed by atoms with Crippen molar-refractivity contribution in [2.24, 2.45) is 0 Å². The molecule has 0 amide bonds. The van der Waals surface area contributed by atoms with Crippen LogP contribution in [0.3, 0.4) is 0 Å². The summed E-state index contributed by atoms with van der Waals surface area (Å²) in [5.41, 5.74) is 6.35. The molecular weight excluding hydrogens is 248 g/mol. The van der Waals surface area contributed by atoms with Gasteiger partial charge in [0.05, 0.1) is 5.69 Å². The number of hydrogen-bond acceptors (Lipinski definition) is 3. The van der Waals surface area contributed by atoms with Crippen molar-refractivity contribution in [1.82, 2.24) is 4.98 Å². The first-order valence-corrected chi connectivity index (χ1v) is 4.98. The van der Waals surface area contributed by atoms with Crippen molar-refractivity contribution in [3.63, 3.8) is 0 Å². The summed E-state index contributed by atoms with van der Waals surface area (Å²) in [6, 6.07) is 1.58. The molecule has 0 radical (unpaired) electrons. The van der Waals surface area contributed by atoms with Gasteiger partial charge in [0, 0.05) is 11.5 Å². The number of alkyl halides is 1. The van der Waals surface area contributed by atoms with Crippen LogP contribution in [0.25, 0.3) is 6.08 Å². The maximum atomic E-state index is 10.6. The SMILES string of the molecule is Nc1cc(C=CCBr)cnc1C(=O)O. The molecule has 0 aliphatic carbocycles. The zero-order chi connectivity index (χ0) is 10.6. The first-order chi connectivity index (χ1) is 6.65. The molecule has 0 aliphatic heterocycles. The fourth-order valence-corrected chi connectivity index (χ4v) is 1.14. The van der Waals surface area contributed by atoms with Crippen molar-refractivity contribution < 1.29 is 9.90 Å². The molecule has 1 aromatic heterocycles. The van der Waals surface area contributed by atoms with Crippen LogP contribution in [0.15, 0.2) is 18.3 Å². The number of nitrogen functional groups attached to an aromatic ring is 1. The summed E-state index contributed by atoms with van der Waals surface area (Å²) in [5, 5.41) is 9.39. The molecule has 14 heavy (non-hydrogen) atoms. The maximum Gasteiger partial charge on any atom is 0.356 e. The van der Waals surface area contributed by atoms with Gasteiger partial charge in [0.1, 0.15) is 0 Å². The second-order valence-corrected chi connectivity index (χ2v) is 3.22. The Morgan fingerprint density at radius 3 is 2.93 bits per heavy atom. The number of anilines is 1. The molecule has 1 aromatic rings. The van der Waals surface area contributed by atoms with Crippen LogP contribution >= 0.6 is 15.9 Å². The number of rotatable bonds is 3. The van der Waals surface area contributed by atoms with Gasteiger partial charge in [0.2, 0.25) is 0 Å². The van der Waals surface area contributed by atoms with Gasteiger partial charge in [0.25, 0.3) is 0 Å². The third kappa shape index (κ3) is 2.56. The summed E-state index contributed by atoms with van der Waals surface area (Å²) in [4.78, 5) is 14.3. The van der Waals surface area contributed by atoms with Crippen molar-refractivity contribution in [2.75, 3.05) is 11.1 Å². The lowest BCUT2D eigenvalue weighted by Crippen LogP contribution is -2.05. The number of nitrogens with two attached hydrogens (primary N) is 1. The molecule has 1 rings (SSSR count). The number of nitrogens with zero attached hydrogens (tertiary/aromatic N) is 1. The van der Waals surface area contributed by atoms with E-state index >= 15 is 0 Å². The number of aromatic nitrogens is 1. The lowest BCUT2D eigenvalue weighted by atomic mass is 10.2. The van der Waals surface area contributed by atoms with E-state index in [9.17, 15) is 4.79 Å². The Labute approximate surface area is 89.6 Å². The highest BCUT2D eigenvalue weighted by molar-refractivity contribution is 9.09. The number of carbonyl (C=O) groups is 1. The van der Waals surface area contributed by atoms with E-state index in [4.69, 9.17) is 10.8 Å². The summed E-state index contributed by atoms with van der Waals surface area (Å²) in [5.74, 6) is -1.11. The molecule has 0 fully saturated rings. The molecule has 0 spiro atoms. The molecular formula is C9H9BrN2O2. The van der Waals surface area contributed by atoms with Crippen LogP contribution in [0, 0.1) is 0 Å². The molecule has 74 valence electrons. The highest BCUT2D eigenvalue weighted by atomic mass is 79.9. The molecule has 1 heterocycles. The fraction of sp³-hybridized carbons (Fsp3) is 0.111. The molecule has 0 bridgehead atoms. The summed E-state index contributed by atoms with van der Waals surface area (Å²) in [6.07, 6.45) is 5.15. The third-order valence-corrected chi connectivity index (χ3v) is 1.91. The van der Waals surface area contributed by atoms with Crippen LogP contribution in [0.1, 0.15) is 16.1 Å². The van der Waals surface area contributed by atoms with Gasteiger partial charge in [0.15, 0.2) is 5.69 Å². The standard InChI is InChI=1S/C9H9BrN2O2/c10-3-1-2-6-4-7(11)8(9(13)14)12-5-6/h1-2,4-5H,3,11H2,(H,13,14). The Balaban J connectivity index is 3.00.